The van der Waals surface area contributed by atoms with E-state index in [9.17, 15) is 13.6 Å². The fraction of sp³-hybridized carbons (Fsp3) is 0.263. The third-order valence-electron chi connectivity index (χ3n) is 4.76. The Hall–Kier alpha value is -2.76. The molecule has 3 heterocycles. The molecule has 1 aliphatic heterocycles. The molecule has 3 aromatic rings. The summed E-state index contributed by atoms with van der Waals surface area (Å²) in [7, 11) is 0. The van der Waals surface area contributed by atoms with Crippen molar-refractivity contribution in [3.05, 3.63) is 53.9 Å². The first kappa shape index (κ1) is 15.7. The quantitative estimate of drug-likeness (QED) is 0.731. The molecule has 0 atom stereocenters. The zero-order valence-electron chi connectivity index (χ0n) is 13.8. The minimum atomic E-state index is -0.587. The van der Waals surface area contributed by atoms with Crippen molar-refractivity contribution < 1.29 is 13.6 Å². The first-order chi connectivity index (χ1) is 12.0. The Bertz CT molecular complexity index is 976. The SMILES string of the molecule is Cc1c(F)ccc(-c2cnc3ccn(CC(=O)N4CCC4)c3c2)c1F. The van der Waals surface area contributed by atoms with E-state index in [1.54, 1.807) is 12.3 Å². The number of carbonyl (C=O) groups is 1. The van der Waals surface area contributed by atoms with Crippen molar-refractivity contribution in [1.82, 2.24) is 14.5 Å². The molecule has 0 aliphatic carbocycles. The molecule has 4 rings (SSSR count). The topological polar surface area (TPSA) is 38.1 Å². The maximum Gasteiger partial charge on any atom is 0.242 e. The first-order valence-corrected chi connectivity index (χ1v) is 8.22. The van der Waals surface area contributed by atoms with E-state index in [1.165, 1.54) is 19.1 Å². The van der Waals surface area contributed by atoms with Gasteiger partial charge in [-0.1, -0.05) is 0 Å². The molecule has 0 spiro atoms. The van der Waals surface area contributed by atoms with Gasteiger partial charge in [-0.2, -0.15) is 0 Å². The van der Waals surface area contributed by atoms with Crippen LogP contribution < -0.4 is 0 Å². The van der Waals surface area contributed by atoms with Crippen molar-refractivity contribution >= 4 is 16.9 Å². The molecular formula is C19H17F2N3O. The average molecular weight is 341 g/mol. The molecule has 4 nitrogen and oxygen atoms in total. The second-order valence-corrected chi connectivity index (χ2v) is 6.34. The lowest BCUT2D eigenvalue weighted by molar-refractivity contribution is -0.135. The molecule has 0 unspecified atom stereocenters. The third kappa shape index (κ3) is 2.67. The van der Waals surface area contributed by atoms with E-state index in [1.807, 2.05) is 21.7 Å². The summed E-state index contributed by atoms with van der Waals surface area (Å²) in [5.41, 5.74) is 2.34. The number of aromatic nitrogens is 2. The van der Waals surface area contributed by atoms with Crippen LogP contribution >= 0.6 is 0 Å². The normalized spacial score (nSPS) is 14.0. The molecule has 0 N–H and O–H groups in total. The molecule has 128 valence electrons. The Morgan fingerprint density at radius 1 is 1.24 bits per heavy atom. The van der Waals surface area contributed by atoms with Gasteiger partial charge in [0.15, 0.2) is 0 Å². The van der Waals surface area contributed by atoms with Gasteiger partial charge in [-0.15, -0.1) is 0 Å². The summed E-state index contributed by atoms with van der Waals surface area (Å²) in [6.45, 7) is 3.26. The van der Waals surface area contributed by atoms with E-state index in [4.69, 9.17) is 0 Å². The summed E-state index contributed by atoms with van der Waals surface area (Å²) in [5.74, 6) is -1.09. The molecule has 0 bridgehead atoms. The zero-order chi connectivity index (χ0) is 17.6. The number of halogens is 2. The average Bonchev–Trinajstić information content (AvgIpc) is 2.93. The van der Waals surface area contributed by atoms with Gasteiger partial charge in [-0.3, -0.25) is 9.78 Å². The molecule has 0 radical (unpaired) electrons. The van der Waals surface area contributed by atoms with Crippen LogP contribution in [0, 0.1) is 18.6 Å². The predicted octanol–water partition coefficient (Wildman–Crippen LogP) is 3.52. The molecule has 1 amide bonds. The Kier molecular flexibility index (Phi) is 3.75. The lowest BCUT2D eigenvalue weighted by atomic mass is 10.0. The highest BCUT2D eigenvalue weighted by Gasteiger charge is 2.21. The number of rotatable bonds is 3. The van der Waals surface area contributed by atoms with Crippen LogP contribution in [0.15, 0.2) is 36.7 Å². The minimum absolute atomic E-state index is 0.0130. The summed E-state index contributed by atoms with van der Waals surface area (Å²) < 4.78 is 29.7. The Labute approximate surface area is 143 Å². The highest BCUT2D eigenvalue weighted by Crippen LogP contribution is 2.28. The van der Waals surface area contributed by atoms with Gasteiger partial charge >= 0.3 is 0 Å². The highest BCUT2D eigenvalue weighted by atomic mass is 19.1. The fourth-order valence-corrected chi connectivity index (χ4v) is 3.04. The maximum atomic E-state index is 14.4. The fourth-order valence-electron chi connectivity index (χ4n) is 3.04. The monoisotopic (exact) mass is 341 g/mol. The Morgan fingerprint density at radius 3 is 2.76 bits per heavy atom. The van der Waals surface area contributed by atoms with Gasteiger partial charge in [0, 0.05) is 42.2 Å². The number of amides is 1. The minimum Gasteiger partial charge on any atom is -0.341 e. The van der Waals surface area contributed by atoms with E-state index in [0.717, 1.165) is 30.5 Å². The van der Waals surface area contributed by atoms with Crippen LogP contribution in [0.5, 0.6) is 0 Å². The van der Waals surface area contributed by atoms with Crippen molar-refractivity contribution in [3.8, 4) is 11.1 Å². The molecule has 1 saturated heterocycles. The molecule has 0 saturated carbocycles. The summed E-state index contributed by atoms with van der Waals surface area (Å²) in [4.78, 5) is 18.4. The van der Waals surface area contributed by atoms with Crippen molar-refractivity contribution in [2.45, 2.75) is 19.9 Å². The summed E-state index contributed by atoms with van der Waals surface area (Å²) in [6.07, 6.45) is 4.43. The molecule has 1 fully saturated rings. The van der Waals surface area contributed by atoms with E-state index < -0.39 is 11.6 Å². The molecule has 2 aromatic heterocycles. The van der Waals surface area contributed by atoms with Gasteiger partial charge in [0.2, 0.25) is 5.91 Å². The van der Waals surface area contributed by atoms with E-state index in [2.05, 4.69) is 4.98 Å². The van der Waals surface area contributed by atoms with Gasteiger partial charge in [0.25, 0.3) is 0 Å². The lowest BCUT2D eigenvalue weighted by Gasteiger charge is -2.31. The second kappa shape index (κ2) is 5.95. The van der Waals surface area contributed by atoms with Crippen LogP contribution in [0.1, 0.15) is 12.0 Å². The number of pyridine rings is 1. The van der Waals surface area contributed by atoms with Crippen molar-refractivity contribution in [2.75, 3.05) is 13.1 Å². The highest BCUT2D eigenvalue weighted by molar-refractivity contribution is 5.84. The third-order valence-corrected chi connectivity index (χ3v) is 4.76. The summed E-state index contributed by atoms with van der Waals surface area (Å²) >= 11 is 0. The van der Waals surface area contributed by atoms with Crippen molar-refractivity contribution in [2.24, 2.45) is 0 Å². The van der Waals surface area contributed by atoms with Gasteiger partial charge in [0.05, 0.1) is 11.0 Å². The zero-order valence-corrected chi connectivity index (χ0v) is 13.8. The standard InChI is InChI=1S/C19H17F2N3O/c1-12-15(20)4-3-14(19(12)21)13-9-17-16(22-10-13)5-8-24(17)11-18(25)23-6-2-7-23/h3-5,8-10H,2,6-7,11H2,1H3. The van der Waals surface area contributed by atoms with Crippen molar-refractivity contribution in [1.29, 1.82) is 0 Å². The molecule has 1 aromatic carbocycles. The van der Waals surface area contributed by atoms with Crippen LogP contribution in [0.3, 0.4) is 0 Å². The van der Waals surface area contributed by atoms with Gasteiger partial charge in [0.1, 0.15) is 18.2 Å². The number of fused-ring (bicyclic) bond motifs is 1. The number of hydrogen-bond donors (Lipinski definition) is 0. The van der Waals surface area contributed by atoms with Crippen LogP contribution in [0.25, 0.3) is 22.2 Å². The Morgan fingerprint density at radius 2 is 2.04 bits per heavy atom. The number of carbonyl (C=O) groups excluding carboxylic acids is 1. The van der Waals surface area contributed by atoms with E-state index in [-0.39, 0.29) is 18.0 Å². The smallest absolute Gasteiger partial charge is 0.242 e. The van der Waals surface area contributed by atoms with Gasteiger partial charge in [-0.05, 0) is 37.6 Å². The van der Waals surface area contributed by atoms with Crippen LogP contribution in [-0.2, 0) is 11.3 Å². The molecule has 25 heavy (non-hydrogen) atoms. The number of benzene rings is 1. The first-order valence-electron chi connectivity index (χ1n) is 8.22. The van der Waals surface area contributed by atoms with Crippen LogP contribution in [0.4, 0.5) is 8.78 Å². The van der Waals surface area contributed by atoms with Gasteiger partial charge in [-0.25, -0.2) is 8.78 Å². The molecule has 1 aliphatic rings. The maximum absolute atomic E-state index is 14.4. The summed E-state index contributed by atoms with van der Waals surface area (Å²) in [5, 5.41) is 0. The largest absolute Gasteiger partial charge is 0.341 e. The lowest BCUT2D eigenvalue weighted by Crippen LogP contribution is -2.43. The molecule has 6 heteroatoms. The van der Waals surface area contributed by atoms with E-state index in [0.29, 0.717) is 11.1 Å². The van der Waals surface area contributed by atoms with Crippen molar-refractivity contribution in [3.63, 3.8) is 0 Å². The van der Waals surface area contributed by atoms with Crippen LogP contribution in [-0.4, -0.2) is 33.4 Å². The predicted molar refractivity (Wildman–Crippen MR) is 91.0 cm³/mol. The Balaban J connectivity index is 1.73. The second-order valence-electron chi connectivity index (χ2n) is 6.34. The van der Waals surface area contributed by atoms with Crippen LogP contribution in [0.2, 0.25) is 0 Å². The number of likely N-dealkylation sites (tertiary alicyclic amines) is 1. The molecular weight excluding hydrogens is 324 g/mol. The number of nitrogens with zero attached hydrogens (tertiary/aromatic N) is 3. The number of hydrogen-bond acceptors (Lipinski definition) is 2. The van der Waals surface area contributed by atoms with E-state index >= 15 is 0 Å². The summed E-state index contributed by atoms with van der Waals surface area (Å²) in [6, 6.07) is 6.29. The van der Waals surface area contributed by atoms with Gasteiger partial charge < -0.3 is 9.47 Å².